The van der Waals surface area contributed by atoms with Crippen molar-refractivity contribution in [2.75, 3.05) is 0 Å². The molecule has 0 saturated heterocycles. The van der Waals surface area contributed by atoms with Gasteiger partial charge in [-0.2, -0.15) is 0 Å². The van der Waals surface area contributed by atoms with Crippen molar-refractivity contribution >= 4 is 32.4 Å². The molecule has 0 rings (SSSR count). The van der Waals surface area contributed by atoms with E-state index < -0.39 is 32.4 Å². The summed E-state index contributed by atoms with van der Waals surface area (Å²) in [5.74, 6) is -0.712. The fraction of sp³-hybridized carbons (Fsp3) is 0.900. The van der Waals surface area contributed by atoms with Crippen LogP contribution in [0.4, 0.5) is 0 Å². The van der Waals surface area contributed by atoms with Crippen LogP contribution in [-0.4, -0.2) is 44.3 Å². The number of hydrogen-bond donors (Lipinski definition) is 1. The number of carbonyl (C=O) groups is 1. The molecule has 0 amide bonds. The van der Waals surface area contributed by atoms with Crippen molar-refractivity contribution in [3.05, 3.63) is 0 Å². The van der Waals surface area contributed by atoms with Gasteiger partial charge in [0.2, 0.25) is 0 Å². The van der Waals surface area contributed by atoms with E-state index in [-0.39, 0.29) is 11.9 Å². The van der Waals surface area contributed by atoms with Crippen molar-refractivity contribution < 1.29 is 18.1 Å². The summed E-state index contributed by atoms with van der Waals surface area (Å²) in [4.78, 5) is 11.4. The van der Waals surface area contributed by atoms with Gasteiger partial charge in [-0.25, -0.2) is 0 Å². The van der Waals surface area contributed by atoms with E-state index in [1.54, 1.807) is 6.92 Å². The molecule has 2 N–H and O–H groups in total. The van der Waals surface area contributed by atoms with Gasteiger partial charge in [0.25, 0.3) is 9.76 Å². The molecule has 0 radical (unpaired) electrons. The van der Waals surface area contributed by atoms with Crippen molar-refractivity contribution in [3.63, 3.8) is 0 Å². The molecule has 0 heterocycles. The summed E-state index contributed by atoms with van der Waals surface area (Å²) in [6, 6.07) is -0.586. The third-order valence-electron chi connectivity index (χ3n) is 1.70. The van der Waals surface area contributed by atoms with E-state index in [9.17, 15) is 4.79 Å². The molecule has 0 bridgehead atoms. The molecule has 18 heavy (non-hydrogen) atoms. The fourth-order valence-corrected chi connectivity index (χ4v) is 7.04. The molecule has 5 nitrogen and oxygen atoms in total. The van der Waals surface area contributed by atoms with Crippen molar-refractivity contribution in [2.24, 2.45) is 5.73 Å². The lowest BCUT2D eigenvalue weighted by atomic mass is 10.4. The smallest absolute Gasteiger partial charge is 0.309 e. The molecule has 8 heteroatoms. The number of nitrogens with two attached hydrogens (primary N) is 1. The predicted octanol–water partition coefficient (Wildman–Crippen LogP) is 0.947. The largest absolute Gasteiger partial charge is 0.518 e. The van der Waals surface area contributed by atoms with Crippen LogP contribution in [0.15, 0.2) is 0 Å². The first-order chi connectivity index (χ1) is 7.91. The number of hydrogen-bond acceptors (Lipinski definition) is 5. The van der Waals surface area contributed by atoms with Gasteiger partial charge in [-0.3, -0.25) is 4.79 Å². The standard InChI is InChI=1S/C10H27NO4Si3/c1-8(11)9(12)13-16-10(14-17(2,3)4)15-18(5,6)7/h8,10H,11,16H2,1-7H3. The van der Waals surface area contributed by atoms with E-state index in [2.05, 4.69) is 39.3 Å². The van der Waals surface area contributed by atoms with Crippen LogP contribution in [0.2, 0.25) is 39.3 Å². The SMILES string of the molecule is CC(N)C(=O)O[SiH2]C(O[Si](C)(C)C)O[Si](C)(C)C. The number of rotatable bonds is 7. The van der Waals surface area contributed by atoms with Gasteiger partial charge in [-0.1, -0.05) is 0 Å². The average molecular weight is 310 g/mol. The van der Waals surface area contributed by atoms with Gasteiger partial charge in [0.1, 0.15) is 0 Å². The van der Waals surface area contributed by atoms with Crippen LogP contribution in [0, 0.1) is 0 Å². The Bertz CT molecular complexity index is 257. The Balaban J connectivity index is 4.44. The van der Waals surface area contributed by atoms with Crippen molar-refractivity contribution in [3.8, 4) is 0 Å². The molecule has 0 aromatic rings. The van der Waals surface area contributed by atoms with Crippen LogP contribution >= 0.6 is 0 Å². The molecule has 0 aliphatic heterocycles. The van der Waals surface area contributed by atoms with E-state index in [4.69, 9.17) is 19.0 Å². The minimum Gasteiger partial charge on any atom is -0.518 e. The lowest BCUT2D eigenvalue weighted by molar-refractivity contribution is -0.136. The first-order valence-electron chi connectivity index (χ1n) is 6.18. The highest BCUT2D eigenvalue weighted by atomic mass is 28.4. The molecule has 0 spiro atoms. The lowest BCUT2D eigenvalue weighted by Gasteiger charge is -2.31. The van der Waals surface area contributed by atoms with Gasteiger partial charge in [-0.05, 0) is 46.2 Å². The molecule has 0 aromatic heterocycles. The van der Waals surface area contributed by atoms with Crippen LogP contribution in [-0.2, 0) is 18.1 Å². The summed E-state index contributed by atoms with van der Waals surface area (Å²) in [7, 11) is -4.65. The zero-order chi connectivity index (χ0) is 14.6. The van der Waals surface area contributed by atoms with Crippen molar-refractivity contribution in [1.29, 1.82) is 0 Å². The topological polar surface area (TPSA) is 70.8 Å². The van der Waals surface area contributed by atoms with Gasteiger partial charge in [0.15, 0.2) is 22.5 Å². The summed E-state index contributed by atoms with van der Waals surface area (Å²) in [6.07, 6.45) is 0. The van der Waals surface area contributed by atoms with E-state index >= 15 is 0 Å². The van der Waals surface area contributed by atoms with Gasteiger partial charge < -0.3 is 19.0 Å². The summed E-state index contributed by atoms with van der Waals surface area (Å²) in [6.45, 7) is 14.2. The normalized spacial score (nSPS) is 15.4. The first-order valence-corrected chi connectivity index (χ1v) is 14.4. The van der Waals surface area contributed by atoms with E-state index in [0.717, 1.165) is 0 Å². The van der Waals surface area contributed by atoms with E-state index in [0.29, 0.717) is 0 Å². The van der Waals surface area contributed by atoms with Crippen LogP contribution in [0.25, 0.3) is 0 Å². The van der Waals surface area contributed by atoms with E-state index in [1.165, 1.54) is 0 Å². The minimum absolute atomic E-state index is 0.342. The second-order valence-electron chi connectivity index (χ2n) is 6.31. The molecule has 0 fully saturated rings. The predicted molar refractivity (Wildman–Crippen MR) is 80.9 cm³/mol. The Hall–Kier alpha value is 0.000649. The molecule has 1 unspecified atom stereocenters. The monoisotopic (exact) mass is 309 g/mol. The maximum absolute atomic E-state index is 11.4. The molecule has 1 atom stereocenters. The molecule has 0 aromatic carbocycles. The highest BCUT2D eigenvalue weighted by Crippen LogP contribution is 2.13. The van der Waals surface area contributed by atoms with Gasteiger partial charge in [0, 0.05) is 0 Å². The summed E-state index contributed by atoms with van der Waals surface area (Å²) in [5.41, 5.74) is 5.46. The van der Waals surface area contributed by atoms with E-state index in [1.807, 2.05) is 0 Å². The zero-order valence-electron chi connectivity index (χ0n) is 12.6. The molecular weight excluding hydrogens is 282 g/mol. The summed E-state index contributed by atoms with van der Waals surface area (Å²) >= 11 is 0. The molecule has 108 valence electrons. The Morgan fingerprint density at radius 1 is 1.06 bits per heavy atom. The maximum Gasteiger partial charge on any atom is 0.309 e. The summed E-state index contributed by atoms with van der Waals surface area (Å²) in [5, 5.41) is 0. The van der Waals surface area contributed by atoms with Gasteiger partial charge >= 0.3 is 5.97 Å². The fourth-order valence-electron chi connectivity index (χ4n) is 1.16. The molecule has 0 aliphatic rings. The molecule has 0 saturated carbocycles. The Kier molecular flexibility index (Phi) is 6.96. The Labute approximate surface area is 115 Å². The lowest BCUT2D eigenvalue weighted by Crippen LogP contribution is -2.45. The quantitative estimate of drug-likeness (QED) is 0.560. The zero-order valence-corrected chi connectivity index (χ0v) is 16.0. The average Bonchev–Trinajstić information content (AvgIpc) is 2.08. The second kappa shape index (κ2) is 6.96. The van der Waals surface area contributed by atoms with Crippen LogP contribution in [0.3, 0.4) is 0 Å². The van der Waals surface area contributed by atoms with Crippen molar-refractivity contribution in [1.82, 2.24) is 0 Å². The molecular formula is C10H27NO4Si3. The van der Waals surface area contributed by atoms with Gasteiger partial charge in [0.05, 0.1) is 6.04 Å². The van der Waals surface area contributed by atoms with Crippen LogP contribution in [0.1, 0.15) is 6.92 Å². The Morgan fingerprint density at radius 2 is 1.44 bits per heavy atom. The van der Waals surface area contributed by atoms with Crippen LogP contribution < -0.4 is 5.73 Å². The van der Waals surface area contributed by atoms with Gasteiger partial charge in [-0.15, -0.1) is 0 Å². The molecule has 0 aliphatic carbocycles. The Morgan fingerprint density at radius 3 is 1.72 bits per heavy atom. The summed E-state index contributed by atoms with van der Waals surface area (Å²) < 4.78 is 17.1. The van der Waals surface area contributed by atoms with Crippen molar-refractivity contribution in [2.45, 2.75) is 58.2 Å². The minimum atomic E-state index is -1.71. The highest BCUT2D eigenvalue weighted by molar-refractivity contribution is 6.71. The second-order valence-corrected chi connectivity index (χ2v) is 16.5. The van der Waals surface area contributed by atoms with Crippen LogP contribution in [0.5, 0.6) is 0 Å². The highest BCUT2D eigenvalue weighted by Gasteiger charge is 2.28. The maximum atomic E-state index is 11.4. The third-order valence-corrected chi connectivity index (χ3v) is 5.37. The third kappa shape index (κ3) is 9.97. The first kappa shape index (κ1) is 18.0. The number of carbonyl (C=O) groups excluding carboxylic acids is 1.